The number of benzene rings is 1. The van der Waals surface area contributed by atoms with Gasteiger partial charge in [-0.25, -0.2) is 15.0 Å². The number of alkyl halides is 3. The van der Waals surface area contributed by atoms with E-state index >= 15 is 0 Å². The number of amides is 1. The van der Waals surface area contributed by atoms with Crippen LogP contribution in [0.3, 0.4) is 0 Å². The minimum absolute atomic E-state index is 0.186. The van der Waals surface area contributed by atoms with Gasteiger partial charge in [0.15, 0.2) is 10.8 Å². The smallest absolute Gasteiger partial charge is 0.353 e. The van der Waals surface area contributed by atoms with Crippen molar-refractivity contribution in [3.63, 3.8) is 0 Å². The zero-order valence-corrected chi connectivity index (χ0v) is 21.2. The van der Waals surface area contributed by atoms with Gasteiger partial charge >= 0.3 is 6.18 Å². The number of anilines is 2. The molecule has 5 rings (SSSR count). The molecule has 0 spiro atoms. The second-order valence-corrected chi connectivity index (χ2v) is 10.1. The van der Waals surface area contributed by atoms with Gasteiger partial charge in [0.2, 0.25) is 5.91 Å². The van der Waals surface area contributed by atoms with Crippen LogP contribution in [-0.2, 0) is 24.4 Å². The van der Waals surface area contributed by atoms with Crippen LogP contribution in [0.25, 0.3) is 11.0 Å². The lowest BCUT2D eigenvalue weighted by Crippen LogP contribution is -2.49. The molecule has 0 bridgehead atoms. The predicted octanol–water partition coefficient (Wildman–Crippen LogP) is 3.84. The molecule has 37 heavy (non-hydrogen) atoms. The Kier molecular flexibility index (Phi) is 7.01. The number of rotatable bonds is 6. The maximum Gasteiger partial charge on any atom is 0.416 e. The van der Waals surface area contributed by atoms with Crippen LogP contribution >= 0.6 is 22.9 Å². The summed E-state index contributed by atoms with van der Waals surface area (Å²) in [5, 5.41) is 8.57. The van der Waals surface area contributed by atoms with Crippen LogP contribution in [0.2, 0.25) is 5.02 Å². The first-order valence-electron chi connectivity index (χ1n) is 11.4. The Hall–Kier alpha value is -3.29. The van der Waals surface area contributed by atoms with Crippen molar-refractivity contribution in [3.05, 3.63) is 57.9 Å². The maximum atomic E-state index is 13.0. The van der Waals surface area contributed by atoms with Gasteiger partial charge in [-0.05, 0) is 23.8 Å². The number of thiazole rings is 1. The van der Waals surface area contributed by atoms with E-state index < -0.39 is 11.7 Å². The average Bonchev–Trinajstić information content (AvgIpc) is 3.46. The zero-order valence-electron chi connectivity index (χ0n) is 19.7. The predicted molar refractivity (Wildman–Crippen MR) is 135 cm³/mol. The number of carbonyl (C=O) groups excluding carboxylic acids is 1. The van der Waals surface area contributed by atoms with Gasteiger partial charge in [0.1, 0.15) is 12.1 Å². The molecule has 1 aliphatic heterocycles. The van der Waals surface area contributed by atoms with Gasteiger partial charge in [-0.15, -0.1) is 11.3 Å². The first-order chi connectivity index (χ1) is 17.7. The third-order valence-electron chi connectivity index (χ3n) is 6.09. The Morgan fingerprint density at radius 1 is 1.14 bits per heavy atom. The average molecular weight is 551 g/mol. The minimum atomic E-state index is -4.45. The molecule has 4 heterocycles. The van der Waals surface area contributed by atoms with Crippen LogP contribution in [-0.4, -0.2) is 68.3 Å². The van der Waals surface area contributed by atoms with Crippen molar-refractivity contribution in [2.75, 3.05) is 42.9 Å². The quantitative estimate of drug-likeness (QED) is 0.390. The Bertz CT molecular complexity index is 1430. The van der Waals surface area contributed by atoms with Gasteiger partial charge in [-0.2, -0.15) is 18.3 Å². The van der Waals surface area contributed by atoms with E-state index in [1.54, 1.807) is 10.9 Å². The summed E-state index contributed by atoms with van der Waals surface area (Å²) in [6, 6.07) is 3.24. The van der Waals surface area contributed by atoms with E-state index in [9.17, 15) is 18.0 Å². The van der Waals surface area contributed by atoms with E-state index in [2.05, 4.69) is 30.3 Å². The van der Waals surface area contributed by atoms with Crippen molar-refractivity contribution in [1.82, 2.24) is 29.6 Å². The second kappa shape index (κ2) is 10.2. The maximum absolute atomic E-state index is 13.0. The molecule has 0 saturated carbocycles. The number of aromatic nitrogens is 5. The van der Waals surface area contributed by atoms with Crippen LogP contribution in [0.1, 0.15) is 16.0 Å². The molecule has 14 heteroatoms. The summed E-state index contributed by atoms with van der Waals surface area (Å²) < 4.78 is 40.8. The normalized spacial score (nSPS) is 14.9. The van der Waals surface area contributed by atoms with Gasteiger partial charge in [0, 0.05) is 55.7 Å². The van der Waals surface area contributed by atoms with Gasteiger partial charge < -0.3 is 10.2 Å². The largest absolute Gasteiger partial charge is 0.416 e. The molecule has 194 valence electrons. The monoisotopic (exact) mass is 550 g/mol. The van der Waals surface area contributed by atoms with Crippen molar-refractivity contribution in [2.45, 2.75) is 12.6 Å². The summed E-state index contributed by atoms with van der Waals surface area (Å²) in [6.07, 6.45) is 0.565. The first-order valence-corrected chi connectivity index (χ1v) is 12.6. The van der Waals surface area contributed by atoms with Crippen LogP contribution in [0.4, 0.5) is 24.1 Å². The van der Waals surface area contributed by atoms with Crippen LogP contribution in [0, 0.1) is 0 Å². The molecular weight excluding hydrogens is 529 g/mol. The van der Waals surface area contributed by atoms with Crippen molar-refractivity contribution < 1.29 is 18.0 Å². The molecule has 0 radical (unpaired) electrons. The number of aryl methyl sites for hydroxylation is 1. The molecule has 0 unspecified atom stereocenters. The lowest BCUT2D eigenvalue weighted by Gasteiger charge is -2.35. The standard InChI is InChI=1S/C23H22ClF3N8OS/c1-33-20-17(11-31-33)21(30-13-29-20)35-6-4-34(5-7-35)12-19(36)32-22-28-10-16(37-22)9-14-8-15(23(25,26)27)2-3-18(14)24/h2-3,8,10-11,13H,4-7,9,12H2,1H3,(H,28,32,36). The third-order valence-corrected chi connectivity index (χ3v) is 7.37. The van der Waals surface area contributed by atoms with Crippen molar-refractivity contribution in [2.24, 2.45) is 7.05 Å². The van der Waals surface area contributed by atoms with Crippen molar-refractivity contribution >= 4 is 50.8 Å². The van der Waals surface area contributed by atoms with E-state index in [0.29, 0.717) is 41.8 Å². The molecule has 3 aromatic heterocycles. The molecule has 4 aromatic rings. The van der Waals surface area contributed by atoms with Crippen molar-refractivity contribution in [3.8, 4) is 0 Å². The highest BCUT2D eigenvalue weighted by molar-refractivity contribution is 7.15. The summed E-state index contributed by atoms with van der Waals surface area (Å²) >= 11 is 7.31. The second-order valence-electron chi connectivity index (χ2n) is 8.63. The van der Waals surface area contributed by atoms with Crippen molar-refractivity contribution in [1.29, 1.82) is 0 Å². The lowest BCUT2D eigenvalue weighted by molar-refractivity contribution is -0.137. The van der Waals surface area contributed by atoms with Gasteiger partial charge in [0.05, 0.1) is 23.7 Å². The van der Waals surface area contributed by atoms with Crippen LogP contribution < -0.4 is 10.2 Å². The Balaban J connectivity index is 1.15. The zero-order chi connectivity index (χ0) is 26.2. The number of carbonyl (C=O) groups is 1. The number of fused-ring (bicyclic) bond motifs is 1. The SMILES string of the molecule is Cn1ncc2c(N3CCN(CC(=O)Nc4ncc(Cc5cc(C(F)(F)F)ccc5Cl)s4)CC3)ncnc21. The summed E-state index contributed by atoms with van der Waals surface area (Å²) in [4.78, 5) is 30.4. The third kappa shape index (κ3) is 5.68. The molecule has 1 aliphatic rings. The van der Waals surface area contributed by atoms with E-state index in [0.717, 1.165) is 29.0 Å². The summed E-state index contributed by atoms with van der Waals surface area (Å²) in [6.45, 7) is 2.96. The van der Waals surface area contributed by atoms with Gasteiger partial charge in [-0.3, -0.25) is 14.4 Å². The number of piperazine rings is 1. The first kappa shape index (κ1) is 25.4. The molecule has 0 aliphatic carbocycles. The highest BCUT2D eigenvalue weighted by atomic mass is 35.5. The summed E-state index contributed by atoms with van der Waals surface area (Å²) in [7, 11) is 1.83. The van der Waals surface area contributed by atoms with Crippen LogP contribution in [0.15, 0.2) is 36.9 Å². The van der Waals surface area contributed by atoms with Crippen LogP contribution in [0.5, 0.6) is 0 Å². The molecule has 0 atom stereocenters. The fourth-order valence-corrected chi connectivity index (χ4v) is 5.24. The van der Waals surface area contributed by atoms with E-state index in [1.165, 1.54) is 29.9 Å². The Morgan fingerprint density at radius 3 is 2.68 bits per heavy atom. The number of nitrogens with zero attached hydrogens (tertiary/aromatic N) is 7. The number of hydrogen-bond donors (Lipinski definition) is 1. The number of nitrogens with one attached hydrogen (secondary N) is 1. The summed E-state index contributed by atoms with van der Waals surface area (Å²) in [5.74, 6) is 0.626. The summed E-state index contributed by atoms with van der Waals surface area (Å²) in [5.41, 5.74) is 0.364. The molecule has 1 amide bonds. The topological polar surface area (TPSA) is 92.1 Å². The number of hydrogen-bond acceptors (Lipinski definition) is 8. The Morgan fingerprint density at radius 2 is 1.92 bits per heavy atom. The molecule has 9 nitrogen and oxygen atoms in total. The number of halogens is 4. The highest BCUT2D eigenvalue weighted by Gasteiger charge is 2.31. The van der Waals surface area contributed by atoms with E-state index in [-0.39, 0.29) is 23.9 Å². The fraction of sp³-hybridized carbons (Fsp3) is 0.348. The fourth-order valence-electron chi connectivity index (χ4n) is 4.20. The van der Waals surface area contributed by atoms with Gasteiger partial charge in [-0.1, -0.05) is 11.6 Å². The minimum Gasteiger partial charge on any atom is -0.353 e. The molecule has 1 aromatic carbocycles. The highest BCUT2D eigenvalue weighted by Crippen LogP contribution is 2.33. The van der Waals surface area contributed by atoms with E-state index in [4.69, 9.17) is 11.6 Å². The molecule has 1 N–H and O–H groups in total. The lowest BCUT2D eigenvalue weighted by atomic mass is 10.1. The molecule has 1 fully saturated rings. The Labute approximate surface area is 218 Å². The van der Waals surface area contributed by atoms with Gasteiger partial charge in [0.25, 0.3) is 0 Å². The molecular formula is C23H22ClF3N8OS. The molecule has 1 saturated heterocycles. The van der Waals surface area contributed by atoms with E-state index in [1.807, 2.05) is 11.9 Å².